The summed E-state index contributed by atoms with van der Waals surface area (Å²) in [6, 6.07) is 8.16. The van der Waals surface area contributed by atoms with Crippen LogP contribution in [0.1, 0.15) is 19.8 Å². The van der Waals surface area contributed by atoms with E-state index in [4.69, 9.17) is 16.3 Å². The third kappa shape index (κ3) is 3.39. The van der Waals surface area contributed by atoms with Gasteiger partial charge in [-0.2, -0.15) is 0 Å². The van der Waals surface area contributed by atoms with Gasteiger partial charge in [0.1, 0.15) is 0 Å². The van der Waals surface area contributed by atoms with Crippen LogP contribution in [-0.4, -0.2) is 49.7 Å². The minimum absolute atomic E-state index is 0.147. The number of piperazine rings is 1. The average Bonchev–Trinajstić information content (AvgIpc) is 2.55. The van der Waals surface area contributed by atoms with Crippen LogP contribution < -0.4 is 4.90 Å². The minimum Gasteiger partial charge on any atom is -0.381 e. The van der Waals surface area contributed by atoms with Gasteiger partial charge in [0.05, 0.1) is 0 Å². The topological polar surface area (TPSA) is 32.8 Å². The van der Waals surface area contributed by atoms with E-state index in [1.165, 1.54) is 0 Å². The van der Waals surface area contributed by atoms with Crippen molar-refractivity contribution in [1.29, 1.82) is 0 Å². The lowest BCUT2D eigenvalue weighted by Crippen LogP contribution is -2.55. The Morgan fingerprint density at radius 2 is 2.05 bits per heavy atom. The van der Waals surface area contributed by atoms with E-state index in [0.717, 1.165) is 43.2 Å². The van der Waals surface area contributed by atoms with Crippen molar-refractivity contribution < 1.29 is 9.53 Å². The standard InChI is InChI=1S/C17H23ClN2O2/c1-13-12-19(16-4-2-3-15(18)11-16)7-8-20(13)17(21)14-5-9-22-10-6-14/h2-4,11,13-14H,5-10,12H2,1H3/t13-/m1/s1. The van der Waals surface area contributed by atoms with Gasteiger partial charge >= 0.3 is 0 Å². The van der Waals surface area contributed by atoms with Crippen molar-refractivity contribution in [3.05, 3.63) is 29.3 Å². The molecule has 1 aromatic carbocycles. The number of rotatable bonds is 2. The number of amides is 1. The normalized spacial score (nSPS) is 23.6. The molecule has 0 saturated carbocycles. The number of halogens is 1. The highest BCUT2D eigenvalue weighted by molar-refractivity contribution is 6.30. The Morgan fingerprint density at radius 3 is 2.73 bits per heavy atom. The largest absolute Gasteiger partial charge is 0.381 e. The monoisotopic (exact) mass is 322 g/mol. The summed E-state index contributed by atoms with van der Waals surface area (Å²) in [5, 5.41) is 0.755. The zero-order chi connectivity index (χ0) is 15.5. The van der Waals surface area contributed by atoms with E-state index >= 15 is 0 Å². The van der Waals surface area contributed by atoms with Gasteiger partial charge < -0.3 is 14.5 Å². The van der Waals surface area contributed by atoms with Gasteiger partial charge in [0, 0.05) is 55.5 Å². The van der Waals surface area contributed by atoms with E-state index in [1.807, 2.05) is 18.2 Å². The van der Waals surface area contributed by atoms with Crippen molar-refractivity contribution in [2.45, 2.75) is 25.8 Å². The fourth-order valence-corrected chi connectivity index (χ4v) is 3.56. The van der Waals surface area contributed by atoms with Gasteiger partial charge in [0.15, 0.2) is 0 Å². The van der Waals surface area contributed by atoms with Gasteiger partial charge in [0.2, 0.25) is 5.91 Å². The Balaban J connectivity index is 1.63. The van der Waals surface area contributed by atoms with E-state index < -0.39 is 0 Å². The van der Waals surface area contributed by atoms with Gasteiger partial charge in [-0.1, -0.05) is 17.7 Å². The Bertz CT molecular complexity index is 531. The molecule has 4 nitrogen and oxygen atoms in total. The highest BCUT2D eigenvalue weighted by Crippen LogP contribution is 2.25. The van der Waals surface area contributed by atoms with E-state index in [0.29, 0.717) is 19.1 Å². The second-order valence-corrected chi connectivity index (χ2v) is 6.63. The maximum absolute atomic E-state index is 12.7. The summed E-state index contributed by atoms with van der Waals surface area (Å²) in [6.45, 7) is 6.06. The first kappa shape index (κ1) is 15.6. The predicted octanol–water partition coefficient (Wildman–Crippen LogP) is 2.80. The number of ether oxygens (including phenoxy) is 1. The maximum atomic E-state index is 12.7. The summed E-state index contributed by atoms with van der Waals surface area (Å²) in [5.74, 6) is 0.454. The smallest absolute Gasteiger partial charge is 0.226 e. The van der Waals surface area contributed by atoms with Crippen LogP contribution in [0.25, 0.3) is 0 Å². The molecule has 0 N–H and O–H groups in total. The molecule has 5 heteroatoms. The number of benzene rings is 1. The van der Waals surface area contributed by atoms with Gasteiger partial charge in [0.25, 0.3) is 0 Å². The molecule has 1 atom stereocenters. The number of carbonyl (C=O) groups excluding carboxylic acids is 1. The second-order valence-electron chi connectivity index (χ2n) is 6.19. The van der Waals surface area contributed by atoms with Crippen molar-refractivity contribution in [2.75, 3.05) is 37.7 Å². The SMILES string of the molecule is C[C@@H]1CN(c2cccc(Cl)c2)CCN1C(=O)C1CCOCC1. The van der Waals surface area contributed by atoms with E-state index in [1.54, 1.807) is 0 Å². The van der Waals surface area contributed by atoms with Crippen LogP contribution in [0.4, 0.5) is 5.69 Å². The molecule has 0 aliphatic carbocycles. The highest BCUT2D eigenvalue weighted by Gasteiger charge is 2.32. The third-order valence-electron chi connectivity index (χ3n) is 4.65. The summed E-state index contributed by atoms with van der Waals surface area (Å²) >= 11 is 6.08. The van der Waals surface area contributed by atoms with Gasteiger partial charge in [-0.05, 0) is 38.0 Å². The first-order valence-corrected chi connectivity index (χ1v) is 8.41. The molecule has 2 aliphatic rings. The van der Waals surface area contributed by atoms with Gasteiger partial charge in [-0.25, -0.2) is 0 Å². The molecule has 0 aromatic heterocycles. The summed E-state index contributed by atoms with van der Waals surface area (Å²) in [6.07, 6.45) is 1.72. The molecule has 3 rings (SSSR count). The van der Waals surface area contributed by atoms with Crippen LogP contribution in [0.15, 0.2) is 24.3 Å². The van der Waals surface area contributed by atoms with Crippen molar-refractivity contribution >= 4 is 23.2 Å². The highest BCUT2D eigenvalue weighted by atomic mass is 35.5. The quantitative estimate of drug-likeness (QED) is 0.839. The Labute approximate surface area is 137 Å². The van der Waals surface area contributed by atoms with Crippen molar-refractivity contribution in [3.8, 4) is 0 Å². The number of hydrogen-bond acceptors (Lipinski definition) is 3. The van der Waals surface area contributed by atoms with E-state index in [-0.39, 0.29) is 12.0 Å². The van der Waals surface area contributed by atoms with E-state index in [2.05, 4.69) is 22.8 Å². The molecule has 0 bridgehead atoms. The van der Waals surface area contributed by atoms with Crippen LogP contribution in [0, 0.1) is 5.92 Å². The number of carbonyl (C=O) groups is 1. The summed E-state index contributed by atoms with van der Waals surface area (Å²) in [5.41, 5.74) is 1.14. The zero-order valence-electron chi connectivity index (χ0n) is 13.0. The van der Waals surface area contributed by atoms with Crippen molar-refractivity contribution in [1.82, 2.24) is 4.90 Å². The first-order chi connectivity index (χ1) is 10.6. The molecule has 2 fully saturated rings. The number of hydrogen-bond donors (Lipinski definition) is 0. The lowest BCUT2D eigenvalue weighted by atomic mass is 9.97. The molecule has 0 spiro atoms. The van der Waals surface area contributed by atoms with Crippen molar-refractivity contribution in [3.63, 3.8) is 0 Å². The first-order valence-electron chi connectivity index (χ1n) is 8.04. The second kappa shape index (κ2) is 6.88. The average molecular weight is 323 g/mol. The van der Waals surface area contributed by atoms with Crippen LogP contribution >= 0.6 is 11.6 Å². The summed E-state index contributed by atoms with van der Waals surface area (Å²) in [7, 11) is 0. The van der Waals surface area contributed by atoms with Crippen LogP contribution in [0.5, 0.6) is 0 Å². The molecule has 0 unspecified atom stereocenters. The molecule has 22 heavy (non-hydrogen) atoms. The lowest BCUT2D eigenvalue weighted by Gasteiger charge is -2.42. The third-order valence-corrected chi connectivity index (χ3v) is 4.89. The fourth-order valence-electron chi connectivity index (χ4n) is 3.37. The summed E-state index contributed by atoms with van der Waals surface area (Å²) < 4.78 is 5.36. The van der Waals surface area contributed by atoms with Gasteiger partial charge in [-0.3, -0.25) is 4.79 Å². The molecule has 120 valence electrons. The molecule has 1 aromatic rings. The van der Waals surface area contributed by atoms with Crippen LogP contribution in [-0.2, 0) is 9.53 Å². The van der Waals surface area contributed by atoms with E-state index in [9.17, 15) is 4.79 Å². The maximum Gasteiger partial charge on any atom is 0.226 e. The molecule has 2 aliphatic heterocycles. The summed E-state index contributed by atoms with van der Waals surface area (Å²) in [4.78, 5) is 17.1. The van der Waals surface area contributed by atoms with Crippen molar-refractivity contribution in [2.24, 2.45) is 5.92 Å². The lowest BCUT2D eigenvalue weighted by molar-refractivity contribution is -0.141. The zero-order valence-corrected chi connectivity index (χ0v) is 13.8. The van der Waals surface area contributed by atoms with Crippen LogP contribution in [0.3, 0.4) is 0 Å². The molecule has 1 amide bonds. The number of anilines is 1. The molecular formula is C17H23ClN2O2. The number of nitrogens with zero attached hydrogens (tertiary/aromatic N) is 2. The Kier molecular flexibility index (Phi) is 4.89. The fraction of sp³-hybridized carbons (Fsp3) is 0.588. The minimum atomic E-state index is 0.147. The molecule has 2 saturated heterocycles. The molecule has 2 heterocycles. The predicted molar refractivity (Wildman–Crippen MR) is 88.4 cm³/mol. The van der Waals surface area contributed by atoms with Crippen LogP contribution in [0.2, 0.25) is 5.02 Å². The molecular weight excluding hydrogens is 300 g/mol. The Hall–Kier alpha value is -1.26. The molecule has 0 radical (unpaired) electrons. The Morgan fingerprint density at radius 1 is 1.27 bits per heavy atom. The van der Waals surface area contributed by atoms with Gasteiger partial charge in [-0.15, -0.1) is 0 Å².